The Bertz CT molecular complexity index is 1680. The van der Waals surface area contributed by atoms with Gasteiger partial charge in [-0.05, 0) is 63.6 Å². The van der Waals surface area contributed by atoms with E-state index in [-0.39, 0.29) is 17.2 Å². The number of carbonyl (C=O) groups is 1. The molecule has 2 N–H and O–H groups in total. The fourth-order valence-electron chi connectivity index (χ4n) is 4.96. The van der Waals surface area contributed by atoms with E-state index in [0.29, 0.717) is 24.5 Å². The summed E-state index contributed by atoms with van der Waals surface area (Å²) in [5.41, 5.74) is 5.63. The largest absolute Gasteiger partial charge is 0.478 e. The highest BCUT2D eigenvalue weighted by Crippen LogP contribution is 2.30. The lowest BCUT2D eigenvalue weighted by Crippen LogP contribution is -2.26. The number of hydrogen-bond acceptors (Lipinski definition) is 6. The molecule has 10 heteroatoms. The number of unbranched alkanes of at least 4 members (excludes halogenated alkanes) is 1. The fraction of sp³-hybridized carbons (Fsp3) is 0.267. The molecule has 5 rings (SSSR count). The van der Waals surface area contributed by atoms with Gasteiger partial charge in [0.25, 0.3) is 0 Å². The first kappa shape index (κ1) is 26.7. The molecule has 3 heterocycles. The van der Waals surface area contributed by atoms with E-state index in [9.17, 15) is 14.7 Å². The van der Waals surface area contributed by atoms with Gasteiger partial charge in [0.2, 0.25) is 0 Å². The Balaban J connectivity index is 1.54. The number of tetrazole rings is 1. The third-order valence-corrected chi connectivity index (χ3v) is 7.04. The molecule has 0 spiro atoms. The third-order valence-electron chi connectivity index (χ3n) is 7.04. The van der Waals surface area contributed by atoms with Gasteiger partial charge in [0.15, 0.2) is 5.82 Å². The van der Waals surface area contributed by atoms with Gasteiger partial charge >= 0.3 is 11.7 Å². The number of carboxylic acids is 1. The van der Waals surface area contributed by atoms with Crippen molar-refractivity contribution in [3.8, 4) is 28.2 Å². The van der Waals surface area contributed by atoms with Crippen LogP contribution in [0.5, 0.6) is 0 Å². The normalized spacial score (nSPS) is 11.3. The predicted octanol–water partition coefficient (Wildman–Crippen LogP) is 5.09. The summed E-state index contributed by atoms with van der Waals surface area (Å²) in [7, 11) is 0. The van der Waals surface area contributed by atoms with E-state index in [1.54, 1.807) is 29.1 Å². The molecule has 5 aromatic rings. The Labute approximate surface area is 231 Å². The summed E-state index contributed by atoms with van der Waals surface area (Å²) in [5.74, 6) is -0.482. The number of benzene rings is 2. The zero-order valence-electron chi connectivity index (χ0n) is 22.7. The number of nitrogens with one attached hydrogen (secondary N) is 1. The highest BCUT2D eigenvalue weighted by Gasteiger charge is 2.22. The smallest absolute Gasteiger partial charge is 0.337 e. The molecule has 0 saturated carbocycles. The highest BCUT2D eigenvalue weighted by atomic mass is 16.4. The van der Waals surface area contributed by atoms with Gasteiger partial charge in [0.05, 0.1) is 17.8 Å². The van der Waals surface area contributed by atoms with Crippen molar-refractivity contribution in [3.63, 3.8) is 0 Å². The summed E-state index contributed by atoms with van der Waals surface area (Å²) in [5, 5.41) is 24.1. The Morgan fingerprint density at radius 3 is 2.55 bits per heavy atom. The molecule has 0 saturated heterocycles. The van der Waals surface area contributed by atoms with Crippen molar-refractivity contribution in [2.75, 3.05) is 0 Å². The van der Waals surface area contributed by atoms with Crippen LogP contribution >= 0.6 is 0 Å². The predicted molar refractivity (Wildman–Crippen MR) is 152 cm³/mol. The molecule has 3 aromatic heterocycles. The van der Waals surface area contributed by atoms with E-state index in [1.165, 1.54) is 4.57 Å². The molecule has 0 atom stereocenters. The topological polar surface area (TPSA) is 132 Å². The van der Waals surface area contributed by atoms with E-state index < -0.39 is 5.97 Å². The first-order valence-corrected chi connectivity index (χ1v) is 13.3. The van der Waals surface area contributed by atoms with Crippen molar-refractivity contribution in [3.05, 3.63) is 100.0 Å². The average molecular weight is 538 g/mol. The highest BCUT2D eigenvalue weighted by molar-refractivity contribution is 5.92. The molecule has 2 aromatic carbocycles. The summed E-state index contributed by atoms with van der Waals surface area (Å²) >= 11 is 0. The molecule has 204 valence electrons. The number of hydrogen-bond donors (Lipinski definition) is 2. The molecule has 10 nitrogen and oxygen atoms in total. The number of nitrogens with zero attached hydrogens (tertiary/aromatic N) is 6. The number of aryl methyl sites for hydroxylation is 1. The van der Waals surface area contributed by atoms with Crippen LogP contribution < -0.4 is 5.69 Å². The number of aromatic carboxylic acids is 1. The second-order valence-electron chi connectivity index (χ2n) is 10.0. The minimum atomic E-state index is -1.06. The quantitative estimate of drug-likeness (QED) is 0.253. The molecule has 0 unspecified atom stereocenters. The van der Waals surface area contributed by atoms with Crippen LogP contribution in [0.3, 0.4) is 0 Å². The summed E-state index contributed by atoms with van der Waals surface area (Å²) in [6, 6.07) is 15.1. The van der Waals surface area contributed by atoms with E-state index in [1.807, 2.05) is 56.4 Å². The Kier molecular flexibility index (Phi) is 7.68. The summed E-state index contributed by atoms with van der Waals surface area (Å²) in [6.07, 6.45) is 7.87. The first-order valence-electron chi connectivity index (χ1n) is 13.3. The van der Waals surface area contributed by atoms with Crippen LogP contribution in [0.1, 0.15) is 66.7 Å². The zero-order chi connectivity index (χ0) is 28.2. The maximum absolute atomic E-state index is 13.9. The van der Waals surface area contributed by atoms with Crippen LogP contribution in [0.25, 0.3) is 28.2 Å². The second kappa shape index (κ2) is 11.5. The van der Waals surface area contributed by atoms with E-state index in [2.05, 4.69) is 32.5 Å². The summed E-state index contributed by atoms with van der Waals surface area (Å²) in [6.45, 7) is 6.47. The molecular weight excluding hydrogens is 506 g/mol. The Morgan fingerprint density at radius 1 is 1.07 bits per heavy atom. The van der Waals surface area contributed by atoms with E-state index in [4.69, 9.17) is 0 Å². The Morgan fingerprint density at radius 2 is 1.88 bits per heavy atom. The average Bonchev–Trinajstić information content (AvgIpc) is 3.61. The minimum absolute atomic E-state index is 0.0435. The lowest BCUT2D eigenvalue weighted by Gasteiger charge is -2.15. The van der Waals surface area contributed by atoms with Gasteiger partial charge in [-0.1, -0.05) is 63.6 Å². The van der Waals surface area contributed by atoms with Crippen molar-refractivity contribution in [2.45, 2.75) is 52.5 Å². The van der Waals surface area contributed by atoms with Gasteiger partial charge in [-0.15, -0.1) is 5.10 Å². The summed E-state index contributed by atoms with van der Waals surface area (Å²) in [4.78, 5) is 30.2. The third kappa shape index (κ3) is 5.20. The maximum atomic E-state index is 13.9. The SMILES string of the molecule is CCCCc1cn(-c2c(C(=O)O)cccc2C(C)C)c(=O)n1Cc1ccc(-c2ccncc2-c2nnn[nH]2)cc1. The van der Waals surface area contributed by atoms with E-state index >= 15 is 0 Å². The maximum Gasteiger partial charge on any atom is 0.337 e. The van der Waals surface area contributed by atoms with Crippen LogP contribution in [0.15, 0.2) is 71.9 Å². The number of imidazole rings is 1. The molecule has 0 fully saturated rings. The molecule has 0 aliphatic heterocycles. The van der Waals surface area contributed by atoms with Crippen LogP contribution in [0, 0.1) is 0 Å². The number of rotatable bonds is 10. The van der Waals surface area contributed by atoms with Crippen molar-refractivity contribution in [2.24, 2.45) is 0 Å². The van der Waals surface area contributed by atoms with Gasteiger partial charge in [-0.3, -0.25) is 14.1 Å². The van der Waals surface area contributed by atoms with Crippen molar-refractivity contribution >= 4 is 5.97 Å². The lowest BCUT2D eigenvalue weighted by atomic mass is 9.97. The second-order valence-corrected chi connectivity index (χ2v) is 10.0. The number of para-hydroxylation sites is 1. The lowest BCUT2D eigenvalue weighted by molar-refractivity contribution is 0.0696. The number of pyridine rings is 1. The standard InChI is InChI=1S/C30H31N7O3/c1-4-5-7-22-18-37(27-23(19(2)3)8-6-9-25(27)29(38)39)30(40)36(22)17-20-10-12-21(13-11-20)24-14-15-31-16-26(24)28-32-34-35-33-28/h6,8-16,18-19H,4-5,7,17H2,1-3H3,(H,38,39)(H,32,33,34,35). The molecule has 0 aliphatic rings. The van der Waals surface area contributed by atoms with E-state index in [0.717, 1.165) is 46.4 Å². The monoisotopic (exact) mass is 537 g/mol. The molecular formula is C30H31N7O3. The molecule has 0 bridgehead atoms. The minimum Gasteiger partial charge on any atom is -0.478 e. The number of aromatic nitrogens is 7. The molecule has 40 heavy (non-hydrogen) atoms. The van der Waals surface area contributed by atoms with Crippen LogP contribution in [-0.2, 0) is 13.0 Å². The molecule has 0 aliphatic carbocycles. The molecule has 0 radical (unpaired) electrons. The number of aromatic amines is 1. The van der Waals surface area contributed by atoms with Crippen molar-refractivity contribution in [1.82, 2.24) is 34.7 Å². The van der Waals surface area contributed by atoms with Gasteiger partial charge in [-0.2, -0.15) is 0 Å². The zero-order valence-corrected chi connectivity index (χ0v) is 22.7. The summed E-state index contributed by atoms with van der Waals surface area (Å²) < 4.78 is 3.28. The van der Waals surface area contributed by atoms with Crippen LogP contribution in [-0.4, -0.2) is 45.8 Å². The van der Waals surface area contributed by atoms with Crippen LogP contribution in [0.2, 0.25) is 0 Å². The molecule has 0 amide bonds. The first-order chi connectivity index (χ1) is 19.4. The van der Waals surface area contributed by atoms with Gasteiger partial charge in [0.1, 0.15) is 0 Å². The van der Waals surface area contributed by atoms with Gasteiger partial charge < -0.3 is 5.11 Å². The number of carboxylic acid groups (broad SMARTS) is 1. The fourth-order valence-corrected chi connectivity index (χ4v) is 4.96. The van der Waals surface area contributed by atoms with Crippen molar-refractivity contribution < 1.29 is 9.90 Å². The van der Waals surface area contributed by atoms with Crippen molar-refractivity contribution in [1.29, 1.82) is 0 Å². The number of H-pyrrole nitrogens is 1. The van der Waals surface area contributed by atoms with Crippen LogP contribution in [0.4, 0.5) is 0 Å². The Hall–Kier alpha value is -4.86. The van der Waals surface area contributed by atoms with Gasteiger partial charge in [0, 0.05) is 29.8 Å². The van der Waals surface area contributed by atoms with Gasteiger partial charge in [-0.25, -0.2) is 14.7 Å².